The number of ether oxygens (including phenoxy) is 1. The van der Waals surface area contributed by atoms with Crippen molar-refractivity contribution >= 4 is 33.0 Å². The van der Waals surface area contributed by atoms with E-state index in [1.54, 1.807) is 0 Å². The highest BCUT2D eigenvalue weighted by Gasteiger charge is 2.30. The monoisotopic (exact) mass is 437 g/mol. The van der Waals surface area contributed by atoms with Gasteiger partial charge in [-0.1, -0.05) is 15.9 Å². The molecule has 1 heterocycles. The minimum Gasteiger partial charge on any atom is -0.493 e. The predicted molar refractivity (Wildman–Crippen MR) is 101 cm³/mol. The first-order valence-electron chi connectivity index (χ1n) is 8.07. The first-order chi connectivity index (χ1) is 12.8. The SMILES string of the molecule is Cc1c(CO)cc([N+](=O)[O-])c(NCc2cc(Br)cc3c2OCC3)c1[N+](=O)[O-]. The fourth-order valence-corrected chi connectivity index (χ4v) is 3.73. The Bertz CT molecular complexity index is 947. The van der Waals surface area contributed by atoms with Crippen LogP contribution < -0.4 is 10.1 Å². The zero-order valence-electron chi connectivity index (χ0n) is 14.3. The van der Waals surface area contributed by atoms with E-state index in [9.17, 15) is 25.3 Å². The van der Waals surface area contributed by atoms with Crippen molar-refractivity contribution in [2.24, 2.45) is 0 Å². The van der Waals surface area contributed by atoms with Crippen molar-refractivity contribution in [3.63, 3.8) is 0 Å². The summed E-state index contributed by atoms with van der Waals surface area (Å²) in [7, 11) is 0. The van der Waals surface area contributed by atoms with E-state index in [-0.39, 0.29) is 23.4 Å². The molecule has 0 radical (unpaired) electrons. The summed E-state index contributed by atoms with van der Waals surface area (Å²) < 4.78 is 6.46. The highest BCUT2D eigenvalue weighted by Crippen LogP contribution is 2.40. The molecule has 0 amide bonds. The molecule has 1 aliphatic heterocycles. The van der Waals surface area contributed by atoms with Gasteiger partial charge in [0.2, 0.25) is 0 Å². The topological polar surface area (TPSA) is 128 Å². The van der Waals surface area contributed by atoms with E-state index in [1.165, 1.54) is 6.92 Å². The van der Waals surface area contributed by atoms with Crippen LogP contribution in [0, 0.1) is 27.2 Å². The minimum atomic E-state index is -0.699. The van der Waals surface area contributed by atoms with Gasteiger partial charge < -0.3 is 15.2 Å². The third-order valence-electron chi connectivity index (χ3n) is 4.47. The normalized spacial score (nSPS) is 12.4. The van der Waals surface area contributed by atoms with Crippen molar-refractivity contribution in [2.45, 2.75) is 26.5 Å². The summed E-state index contributed by atoms with van der Waals surface area (Å²) in [6.45, 7) is 1.59. The van der Waals surface area contributed by atoms with Crippen molar-refractivity contribution in [1.29, 1.82) is 0 Å². The van der Waals surface area contributed by atoms with Crippen molar-refractivity contribution in [2.75, 3.05) is 11.9 Å². The Morgan fingerprint density at radius 2 is 1.96 bits per heavy atom. The smallest absolute Gasteiger partial charge is 0.302 e. The number of benzene rings is 2. The number of halogens is 1. The molecule has 2 aromatic carbocycles. The average molecular weight is 438 g/mol. The predicted octanol–water partition coefficient (Wildman–Crippen LogP) is 3.61. The van der Waals surface area contributed by atoms with Crippen molar-refractivity contribution < 1.29 is 19.7 Å². The van der Waals surface area contributed by atoms with Crippen LogP contribution in [0.15, 0.2) is 22.7 Å². The van der Waals surface area contributed by atoms with Crippen LogP contribution in [0.3, 0.4) is 0 Å². The molecule has 2 aromatic rings. The quantitative estimate of drug-likeness (QED) is 0.521. The lowest BCUT2D eigenvalue weighted by molar-refractivity contribution is -0.392. The molecule has 0 spiro atoms. The van der Waals surface area contributed by atoms with Crippen LogP contribution in [0.5, 0.6) is 5.75 Å². The number of anilines is 1. The lowest BCUT2D eigenvalue weighted by Crippen LogP contribution is -2.09. The Hall–Kier alpha value is -2.72. The molecule has 0 fully saturated rings. The fraction of sp³-hybridized carbons (Fsp3) is 0.294. The molecule has 10 heteroatoms. The first-order valence-corrected chi connectivity index (χ1v) is 8.86. The van der Waals surface area contributed by atoms with Crippen LogP contribution in [-0.2, 0) is 19.6 Å². The summed E-state index contributed by atoms with van der Waals surface area (Å²) in [5.41, 5.74) is 1.02. The van der Waals surface area contributed by atoms with Crippen LogP contribution in [0.2, 0.25) is 0 Å². The molecule has 2 N–H and O–H groups in total. The fourth-order valence-electron chi connectivity index (χ4n) is 3.18. The second-order valence-electron chi connectivity index (χ2n) is 6.08. The van der Waals surface area contributed by atoms with E-state index in [1.807, 2.05) is 12.1 Å². The summed E-state index contributed by atoms with van der Waals surface area (Å²) in [5.74, 6) is 0.694. The standard InChI is InChI=1S/C17H16BrN3O6/c1-9-12(8-22)6-14(20(23)24)15(16(9)21(25)26)19-7-11-5-13(18)4-10-2-3-27-17(10)11/h4-6,19,22H,2-3,7-8H2,1H3. The number of hydrogen-bond acceptors (Lipinski definition) is 7. The van der Waals surface area contributed by atoms with Crippen LogP contribution in [0.4, 0.5) is 17.1 Å². The van der Waals surface area contributed by atoms with E-state index >= 15 is 0 Å². The van der Waals surface area contributed by atoms with Gasteiger partial charge in [0.1, 0.15) is 5.75 Å². The summed E-state index contributed by atoms with van der Waals surface area (Å²) >= 11 is 3.42. The molecule has 0 bridgehead atoms. The van der Waals surface area contributed by atoms with Crippen LogP contribution in [0.1, 0.15) is 22.3 Å². The molecule has 0 aromatic heterocycles. The highest BCUT2D eigenvalue weighted by molar-refractivity contribution is 9.10. The number of nitrogens with zero attached hydrogens (tertiary/aromatic N) is 2. The zero-order valence-corrected chi connectivity index (χ0v) is 15.9. The summed E-state index contributed by atoms with van der Waals surface area (Å²) in [6, 6.07) is 4.91. The van der Waals surface area contributed by atoms with Gasteiger partial charge in [-0.2, -0.15) is 0 Å². The van der Waals surface area contributed by atoms with E-state index in [4.69, 9.17) is 4.74 Å². The maximum absolute atomic E-state index is 11.6. The van der Waals surface area contributed by atoms with Crippen molar-refractivity contribution in [3.8, 4) is 5.75 Å². The molecule has 0 saturated heterocycles. The molecule has 0 unspecified atom stereocenters. The number of fused-ring (bicyclic) bond motifs is 1. The van der Waals surface area contributed by atoms with Gasteiger partial charge in [0, 0.05) is 34.6 Å². The second-order valence-corrected chi connectivity index (χ2v) is 7.00. The van der Waals surface area contributed by atoms with Gasteiger partial charge in [-0.25, -0.2) is 0 Å². The molecule has 0 saturated carbocycles. The number of nitro groups is 2. The lowest BCUT2D eigenvalue weighted by atomic mass is 10.0. The van der Waals surface area contributed by atoms with E-state index < -0.39 is 27.8 Å². The Morgan fingerprint density at radius 1 is 1.22 bits per heavy atom. The third-order valence-corrected chi connectivity index (χ3v) is 4.93. The molecule has 0 atom stereocenters. The molecule has 1 aliphatic rings. The van der Waals surface area contributed by atoms with Crippen LogP contribution in [0.25, 0.3) is 0 Å². The summed E-state index contributed by atoms with van der Waals surface area (Å²) in [4.78, 5) is 21.7. The molecular weight excluding hydrogens is 422 g/mol. The third kappa shape index (κ3) is 3.58. The Labute approximate surface area is 162 Å². The Kier molecular flexibility index (Phi) is 5.29. The number of aliphatic hydroxyl groups is 1. The molecule has 0 aliphatic carbocycles. The minimum absolute atomic E-state index is 0.112. The Balaban J connectivity index is 2.06. The van der Waals surface area contributed by atoms with Crippen molar-refractivity contribution in [1.82, 2.24) is 0 Å². The number of rotatable bonds is 6. The van der Waals surface area contributed by atoms with Gasteiger partial charge in [0.15, 0.2) is 5.69 Å². The van der Waals surface area contributed by atoms with Gasteiger partial charge in [-0.05, 0) is 30.2 Å². The van der Waals surface area contributed by atoms with Gasteiger partial charge in [-0.15, -0.1) is 0 Å². The zero-order chi connectivity index (χ0) is 19.7. The molecular formula is C17H16BrN3O6. The maximum atomic E-state index is 11.6. The van der Waals surface area contributed by atoms with E-state index in [2.05, 4.69) is 21.2 Å². The van der Waals surface area contributed by atoms with Gasteiger partial charge in [-0.3, -0.25) is 20.2 Å². The Morgan fingerprint density at radius 3 is 2.59 bits per heavy atom. The maximum Gasteiger partial charge on any atom is 0.302 e. The number of hydrogen-bond donors (Lipinski definition) is 2. The number of nitro benzene ring substituents is 2. The van der Waals surface area contributed by atoms with Crippen LogP contribution >= 0.6 is 15.9 Å². The van der Waals surface area contributed by atoms with E-state index in [0.29, 0.717) is 12.4 Å². The lowest BCUT2D eigenvalue weighted by Gasteiger charge is -2.14. The largest absolute Gasteiger partial charge is 0.493 e. The average Bonchev–Trinajstić information content (AvgIpc) is 3.07. The van der Waals surface area contributed by atoms with Gasteiger partial charge >= 0.3 is 5.69 Å². The molecule has 3 rings (SSSR count). The van der Waals surface area contributed by atoms with Crippen molar-refractivity contribution in [3.05, 3.63) is 65.2 Å². The van der Waals surface area contributed by atoms with Gasteiger partial charge in [0.25, 0.3) is 5.69 Å². The summed E-state index contributed by atoms with van der Waals surface area (Å²) in [5, 5.41) is 35.2. The van der Waals surface area contributed by atoms with Crippen LogP contribution in [-0.4, -0.2) is 21.6 Å². The molecule has 142 valence electrons. The first kappa shape index (κ1) is 19.1. The number of aliphatic hydroxyl groups excluding tert-OH is 1. The highest BCUT2D eigenvalue weighted by atomic mass is 79.9. The molecule has 27 heavy (non-hydrogen) atoms. The van der Waals surface area contributed by atoms with Gasteiger partial charge in [0.05, 0.1) is 23.1 Å². The van der Waals surface area contributed by atoms with E-state index in [0.717, 1.165) is 28.1 Å². The summed E-state index contributed by atoms with van der Waals surface area (Å²) in [6.07, 6.45) is 0.756. The number of nitrogens with one attached hydrogen (secondary N) is 1. The molecule has 9 nitrogen and oxygen atoms in total. The second kappa shape index (κ2) is 7.49.